The second-order valence-corrected chi connectivity index (χ2v) is 6.27. The first-order chi connectivity index (χ1) is 13.5. The van der Waals surface area contributed by atoms with Gasteiger partial charge in [-0.25, -0.2) is 14.0 Å². The molecule has 7 nitrogen and oxygen atoms in total. The summed E-state index contributed by atoms with van der Waals surface area (Å²) < 4.78 is 29.9. The normalized spacial score (nSPS) is 18.2. The summed E-state index contributed by atoms with van der Waals surface area (Å²) in [7, 11) is 1.24. The first kappa shape index (κ1) is 17.8. The molecule has 1 atom stereocenters. The number of rotatable bonds is 3. The third kappa shape index (κ3) is 2.83. The lowest BCUT2D eigenvalue weighted by molar-refractivity contribution is -0.136. The van der Waals surface area contributed by atoms with Gasteiger partial charge in [0.15, 0.2) is 11.5 Å². The van der Waals surface area contributed by atoms with Crippen molar-refractivity contribution < 1.29 is 28.2 Å². The highest BCUT2D eigenvalue weighted by Gasteiger charge is 2.38. The fourth-order valence-corrected chi connectivity index (χ4v) is 3.40. The number of benzene rings is 2. The van der Waals surface area contributed by atoms with E-state index in [9.17, 15) is 14.0 Å². The molecule has 0 radical (unpaired) electrons. The van der Waals surface area contributed by atoms with Crippen molar-refractivity contribution in [2.24, 2.45) is 0 Å². The highest BCUT2D eigenvalue weighted by atomic mass is 19.1. The number of carbonyl (C=O) groups is 2. The van der Waals surface area contributed by atoms with Gasteiger partial charge in [-0.1, -0.05) is 18.2 Å². The van der Waals surface area contributed by atoms with Crippen LogP contribution >= 0.6 is 0 Å². The molecular formula is C20H17FN2O5. The van der Waals surface area contributed by atoms with Crippen LogP contribution in [0.1, 0.15) is 18.5 Å². The minimum absolute atomic E-state index is 0.0998. The number of hydrogen-bond donors (Lipinski definition) is 1. The van der Waals surface area contributed by atoms with E-state index >= 15 is 0 Å². The van der Waals surface area contributed by atoms with Crippen molar-refractivity contribution in [1.82, 2.24) is 5.32 Å². The zero-order chi connectivity index (χ0) is 19.8. The maximum Gasteiger partial charge on any atom is 0.337 e. The minimum atomic E-state index is -0.966. The molecule has 0 saturated heterocycles. The average Bonchev–Trinajstić information content (AvgIpc) is 3.15. The van der Waals surface area contributed by atoms with Gasteiger partial charge >= 0.3 is 12.0 Å². The van der Waals surface area contributed by atoms with Gasteiger partial charge < -0.3 is 19.5 Å². The molecule has 0 unspecified atom stereocenters. The van der Waals surface area contributed by atoms with Crippen molar-refractivity contribution >= 4 is 17.7 Å². The Labute approximate surface area is 160 Å². The molecule has 0 spiro atoms. The van der Waals surface area contributed by atoms with Gasteiger partial charge in [0.2, 0.25) is 6.79 Å². The van der Waals surface area contributed by atoms with E-state index in [1.54, 1.807) is 31.2 Å². The second kappa shape index (κ2) is 6.88. The number of fused-ring (bicyclic) bond motifs is 1. The Morgan fingerprint density at radius 2 is 1.96 bits per heavy atom. The third-order valence-corrected chi connectivity index (χ3v) is 4.72. The molecule has 2 aliphatic rings. The van der Waals surface area contributed by atoms with Crippen molar-refractivity contribution in [3.63, 3.8) is 0 Å². The maximum absolute atomic E-state index is 14.4. The smallest absolute Gasteiger partial charge is 0.337 e. The Kier molecular flexibility index (Phi) is 4.38. The van der Waals surface area contributed by atoms with Gasteiger partial charge in [0.1, 0.15) is 5.82 Å². The molecule has 2 aliphatic heterocycles. The highest BCUT2D eigenvalue weighted by Crippen LogP contribution is 2.39. The van der Waals surface area contributed by atoms with Crippen molar-refractivity contribution in [3.8, 4) is 11.5 Å². The van der Waals surface area contributed by atoms with E-state index in [1.165, 1.54) is 30.2 Å². The summed E-state index contributed by atoms with van der Waals surface area (Å²) in [6.07, 6.45) is 0. The SMILES string of the molecule is COC(=O)C1=C(C)N(c2ccc3c(c2)OCO3)C(=O)N[C@H]1c1ccccc1F. The van der Waals surface area contributed by atoms with E-state index in [0.717, 1.165) is 0 Å². The molecule has 2 amide bonds. The first-order valence-electron chi connectivity index (χ1n) is 8.55. The Bertz CT molecular complexity index is 1000. The van der Waals surface area contributed by atoms with Gasteiger partial charge in [-0.3, -0.25) is 4.90 Å². The molecule has 28 heavy (non-hydrogen) atoms. The number of esters is 1. The predicted molar refractivity (Wildman–Crippen MR) is 97.4 cm³/mol. The number of methoxy groups -OCH3 is 1. The van der Waals surface area contributed by atoms with Crippen LogP contribution < -0.4 is 19.7 Å². The summed E-state index contributed by atoms with van der Waals surface area (Å²) in [5.41, 5.74) is 1.14. The molecule has 0 saturated carbocycles. The maximum atomic E-state index is 14.4. The van der Waals surface area contributed by atoms with Crippen LogP contribution in [-0.2, 0) is 9.53 Å². The van der Waals surface area contributed by atoms with Crippen molar-refractivity contribution in [3.05, 3.63) is 65.1 Å². The number of nitrogens with one attached hydrogen (secondary N) is 1. The lowest BCUT2D eigenvalue weighted by atomic mass is 9.94. The molecule has 0 fully saturated rings. The van der Waals surface area contributed by atoms with Crippen LogP contribution in [-0.4, -0.2) is 25.9 Å². The summed E-state index contributed by atoms with van der Waals surface area (Å²) in [5.74, 6) is -0.121. The molecule has 2 aromatic rings. The number of urea groups is 1. The second-order valence-electron chi connectivity index (χ2n) is 6.27. The summed E-state index contributed by atoms with van der Waals surface area (Å²) in [5, 5.41) is 2.70. The lowest BCUT2D eigenvalue weighted by Gasteiger charge is -2.35. The van der Waals surface area contributed by atoms with E-state index in [4.69, 9.17) is 14.2 Å². The fraction of sp³-hybridized carbons (Fsp3) is 0.200. The van der Waals surface area contributed by atoms with E-state index < -0.39 is 23.9 Å². The van der Waals surface area contributed by atoms with E-state index in [2.05, 4.69) is 5.32 Å². The number of hydrogen-bond acceptors (Lipinski definition) is 5. The first-order valence-corrected chi connectivity index (χ1v) is 8.55. The molecule has 8 heteroatoms. The molecule has 0 aliphatic carbocycles. The molecule has 2 aromatic carbocycles. The topological polar surface area (TPSA) is 77.1 Å². The third-order valence-electron chi connectivity index (χ3n) is 4.72. The summed E-state index contributed by atoms with van der Waals surface area (Å²) in [4.78, 5) is 26.7. The number of nitrogens with zero attached hydrogens (tertiary/aromatic N) is 1. The largest absolute Gasteiger partial charge is 0.466 e. The number of ether oxygens (including phenoxy) is 3. The van der Waals surface area contributed by atoms with Crippen molar-refractivity contribution in [1.29, 1.82) is 0 Å². The van der Waals surface area contributed by atoms with Gasteiger partial charge in [0.25, 0.3) is 0 Å². The molecule has 144 valence electrons. The highest BCUT2D eigenvalue weighted by molar-refractivity contribution is 6.03. The monoisotopic (exact) mass is 384 g/mol. The number of anilines is 1. The molecule has 4 rings (SSSR count). The predicted octanol–water partition coefficient (Wildman–Crippen LogP) is 3.27. The van der Waals surface area contributed by atoms with Crippen LogP contribution in [0, 0.1) is 5.82 Å². The number of allylic oxidation sites excluding steroid dienone is 1. The molecular weight excluding hydrogens is 367 g/mol. The van der Waals surface area contributed by atoms with E-state index in [0.29, 0.717) is 22.9 Å². The van der Waals surface area contributed by atoms with Gasteiger partial charge in [-0.2, -0.15) is 0 Å². The van der Waals surface area contributed by atoms with Crippen LogP contribution in [0.15, 0.2) is 53.7 Å². The average molecular weight is 384 g/mol. The Morgan fingerprint density at radius 1 is 1.21 bits per heavy atom. The van der Waals surface area contributed by atoms with Crippen molar-refractivity contribution in [2.45, 2.75) is 13.0 Å². The van der Waals surface area contributed by atoms with Crippen LogP contribution in [0.5, 0.6) is 11.5 Å². The zero-order valence-electron chi connectivity index (χ0n) is 15.2. The Hall–Kier alpha value is -3.55. The van der Waals surface area contributed by atoms with Gasteiger partial charge in [0.05, 0.1) is 24.4 Å². The van der Waals surface area contributed by atoms with E-state index in [-0.39, 0.29) is 17.9 Å². The van der Waals surface area contributed by atoms with Crippen LogP contribution in [0.3, 0.4) is 0 Å². The summed E-state index contributed by atoms with van der Waals surface area (Å²) in [6, 6.07) is 9.50. The summed E-state index contributed by atoms with van der Waals surface area (Å²) in [6.45, 7) is 1.71. The zero-order valence-corrected chi connectivity index (χ0v) is 15.2. The molecule has 1 N–H and O–H groups in total. The molecule has 2 heterocycles. The van der Waals surface area contributed by atoms with Gasteiger partial charge in [0, 0.05) is 17.3 Å². The van der Waals surface area contributed by atoms with E-state index in [1.807, 2.05) is 0 Å². The van der Waals surface area contributed by atoms with Gasteiger partial charge in [-0.15, -0.1) is 0 Å². The summed E-state index contributed by atoms with van der Waals surface area (Å²) >= 11 is 0. The molecule has 0 aromatic heterocycles. The quantitative estimate of drug-likeness (QED) is 0.822. The van der Waals surface area contributed by atoms with Gasteiger partial charge in [-0.05, 0) is 25.1 Å². The van der Waals surface area contributed by atoms with Crippen molar-refractivity contribution in [2.75, 3.05) is 18.8 Å². The standard InChI is InChI=1S/C20H17FN2O5/c1-11-17(19(24)26-2)18(13-5-3-4-6-14(13)21)22-20(25)23(11)12-7-8-15-16(9-12)28-10-27-15/h3-9,18H,10H2,1-2H3,(H,22,25)/t18-/m0/s1. The number of halogens is 1. The van der Waals surface area contributed by atoms with Crippen LogP contribution in [0.2, 0.25) is 0 Å². The minimum Gasteiger partial charge on any atom is -0.466 e. The Morgan fingerprint density at radius 3 is 2.71 bits per heavy atom. The number of amides is 2. The molecule has 0 bridgehead atoms. The number of carbonyl (C=O) groups excluding carboxylic acids is 2. The fourth-order valence-electron chi connectivity index (χ4n) is 3.40. The lowest BCUT2D eigenvalue weighted by Crippen LogP contribution is -2.48. The Balaban J connectivity index is 1.84. The van der Waals surface area contributed by atoms with Crippen LogP contribution in [0.25, 0.3) is 0 Å². The van der Waals surface area contributed by atoms with Crippen LogP contribution in [0.4, 0.5) is 14.9 Å².